The zero-order valence-electron chi connectivity index (χ0n) is 13.8. The Balaban J connectivity index is 1.72. The van der Waals surface area contributed by atoms with Gasteiger partial charge in [0.05, 0.1) is 24.9 Å². The molecule has 1 N–H and O–H groups in total. The molecule has 1 unspecified atom stereocenters. The normalized spacial score (nSPS) is 17.0. The summed E-state index contributed by atoms with van der Waals surface area (Å²) >= 11 is 6.11. The first-order valence-corrected chi connectivity index (χ1v) is 8.50. The molecule has 0 amide bonds. The highest BCUT2D eigenvalue weighted by molar-refractivity contribution is 6.30. The smallest absolute Gasteiger partial charge is 0.254 e. The fraction of sp³-hybridized carbons (Fsp3) is 0.353. The van der Waals surface area contributed by atoms with E-state index in [0.29, 0.717) is 24.0 Å². The standard InChI is InChI=1S/C17H18ClN5O2/c1-24-9-12-8-16(23-17(21-12)19-10-20-23)22-14-3-2-6-25-15-7-11(18)4-5-13(14)15/h4-5,7-8,10,14,22H,2-3,6,9H2,1H3. The number of aromatic nitrogens is 4. The van der Waals surface area contributed by atoms with Crippen molar-refractivity contribution in [2.45, 2.75) is 25.5 Å². The first-order valence-electron chi connectivity index (χ1n) is 8.12. The van der Waals surface area contributed by atoms with Crippen molar-refractivity contribution in [3.8, 4) is 5.75 Å². The summed E-state index contributed by atoms with van der Waals surface area (Å²) in [6.45, 7) is 1.09. The predicted molar refractivity (Wildman–Crippen MR) is 94.0 cm³/mol. The van der Waals surface area contributed by atoms with Crippen LogP contribution in [0.4, 0.5) is 5.82 Å². The molecule has 0 saturated heterocycles. The molecule has 0 aliphatic carbocycles. The van der Waals surface area contributed by atoms with E-state index < -0.39 is 0 Å². The van der Waals surface area contributed by atoms with Crippen molar-refractivity contribution < 1.29 is 9.47 Å². The Bertz CT molecular complexity index is 898. The summed E-state index contributed by atoms with van der Waals surface area (Å²) in [5.74, 6) is 2.18. The van der Waals surface area contributed by atoms with Crippen LogP contribution in [0.1, 0.15) is 30.1 Å². The van der Waals surface area contributed by atoms with Gasteiger partial charge in [-0.3, -0.25) is 0 Å². The first kappa shape index (κ1) is 16.1. The van der Waals surface area contributed by atoms with Gasteiger partial charge in [-0.2, -0.15) is 14.6 Å². The molecule has 8 heteroatoms. The zero-order valence-corrected chi connectivity index (χ0v) is 14.5. The molecular weight excluding hydrogens is 342 g/mol. The third-order valence-electron chi connectivity index (χ3n) is 4.16. The van der Waals surface area contributed by atoms with Crippen LogP contribution in [-0.4, -0.2) is 33.3 Å². The SMILES string of the molecule is COCc1cc(NC2CCCOc3cc(Cl)ccc32)n2ncnc2n1. The van der Waals surface area contributed by atoms with Gasteiger partial charge >= 0.3 is 0 Å². The minimum absolute atomic E-state index is 0.0833. The van der Waals surface area contributed by atoms with E-state index in [2.05, 4.69) is 20.4 Å². The second-order valence-electron chi connectivity index (χ2n) is 5.91. The first-order chi connectivity index (χ1) is 12.2. The fourth-order valence-electron chi connectivity index (χ4n) is 3.06. The molecule has 0 fully saturated rings. The van der Waals surface area contributed by atoms with Crippen LogP contribution < -0.4 is 10.1 Å². The molecule has 0 spiro atoms. The molecule has 1 aromatic carbocycles. The Morgan fingerprint density at radius 3 is 3.20 bits per heavy atom. The molecule has 3 aromatic rings. The van der Waals surface area contributed by atoms with Crippen LogP contribution in [0.3, 0.4) is 0 Å². The van der Waals surface area contributed by atoms with Crippen molar-refractivity contribution in [1.29, 1.82) is 0 Å². The Hall–Kier alpha value is -2.38. The van der Waals surface area contributed by atoms with Crippen molar-refractivity contribution in [3.05, 3.63) is 46.9 Å². The molecule has 3 heterocycles. The van der Waals surface area contributed by atoms with Gasteiger partial charge in [0, 0.05) is 23.8 Å². The van der Waals surface area contributed by atoms with Gasteiger partial charge in [0.2, 0.25) is 0 Å². The maximum atomic E-state index is 6.11. The maximum absolute atomic E-state index is 6.11. The number of halogens is 1. The summed E-state index contributed by atoms with van der Waals surface area (Å²) in [6.07, 6.45) is 3.38. The lowest BCUT2D eigenvalue weighted by Crippen LogP contribution is -2.14. The van der Waals surface area contributed by atoms with E-state index in [9.17, 15) is 0 Å². The molecular formula is C17H18ClN5O2. The summed E-state index contributed by atoms with van der Waals surface area (Å²) in [5.41, 5.74) is 1.88. The molecule has 130 valence electrons. The van der Waals surface area contributed by atoms with Crippen LogP contribution in [0.2, 0.25) is 5.02 Å². The second kappa shape index (κ2) is 6.85. The Kier molecular flexibility index (Phi) is 4.42. The average Bonchev–Trinajstić information content (AvgIpc) is 2.98. The lowest BCUT2D eigenvalue weighted by atomic mass is 10.0. The van der Waals surface area contributed by atoms with Gasteiger partial charge in [-0.25, -0.2) is 4.98 Å². The van der Waals surface area contributed by atoms with E-state index in [1.165, 1.54) is 6.33 Å². The van der Waals surface area contributed by atoms with Gasteiger partial charge in [-0.05, 0) is 25.0 Å². The Morgan fingerprint density at radius 1 is 1.40 bits per heavy atom. The lowest BCUT2D eigenvalue weighted by molar-refractivity contribution is 0.181. The minimum Gasteiger partial charge on any atom is -0.493 e. The molecule has 0 saturated carbocycles. The van der Waals surface area contributed by atoms with E-state index in [-0.39, 0.29) is 6.04 Å². The number of methoxy groups -OCH3 is 1. The number of hydrogen-bond acceptors (Lipinski definition) is 6. The van der Waals surface area contributed by atoms with Crippen LogP contribution in [-0.2, 0) is 11.3 Å². The van der Waals surface area contributed by atoms with E-state index in [4.69, 9.17) is 21.1 Å². The van der Waals surface area contributed by atoms with Crippen molar-refractivity contribution in [2.75, 3.05) is 19.0 Å². The summed E-state index contributed by atoms with van der Waals surface area (Å²) in [5, 5.41) is 8.50. The third kappa shape index (κ3) is 3.25. The van der Waals surface area contributed by atoms with E-state index in [1.807, 2.05) is 24.3 Å². The van der Waals surface area contributed by atoms with Crippen LogP contribution >= 0.6 is 11.6 Å². The summed E-state index contributed by atoms with van der Waals surface area (Å²) in [7, 11) is 1.64. The fourth-order valence-corrected chi connectivity index (χ4v) is 3.22. The number of rotatable bonds is 4. The van der Waals surface area contributed by atoms with Crippen LogP contribution in [0.25, 0.3) is 5.78 Å². The van der Waals surface area contributed by atoms with Crippen LogP contribution in [0.5, 0.6) is 5.75 Å². The Labute approximate surface area is 149 Å². The number of nitrogens with zero attached hydrogens (tertiary/aromatic N) is 4. The van der Waals surface area contributed by atoms with Gasteiger partial charge in [0.15, 0.2) is 0 Å². The minimum atomic E-state index is 0.0833. The number of nitrogens with one attached hydrogen (secondary N) is 1. The van der Waals surface area contributed by atoms with Gasteiger partial charge < -0.3 is 14.8 Å². The second-order valence-corrected chi connectivity index (χ2v) is 6.34. The van der Waals surface area contributed by atoms with Crippen molar-refractivity contribution in [2.24, 2.45) is 0 Å². The summed E-state index contributed by atoms with van der Waals surface area (Å²) in [6, 6.07) is 7.78. The molecule has 2 aromatic heterocycles. The molecule has 0 bridgehead atoms. The van der Waals surface area contributed by atoms with Gasteiger partial charge in [-0.15, -0.1) is 0 Å². The number of anilines is 1. The summed E-state index contributed by atoms with van der Waals surface area (Å²) in [4.78, 5) is 8.63. The molecule has 1 atom stereocenters. The molecule has 7 nitrogen and oxygen atoms in total. The molecule has 4 rings (SSSR count). The van der Waals surface area contributed by atoms with Crippen molar-refractivity contribution in [1.82, 2.24) is 19.6 Å². The molecule has 0 radical (unpaired) electrons. The summed E-state index contributed by atoms with van der Waals surface area (Å²) < 4.78 is 12.7. The number of fused-ring (bicyclic) bond motifs is 2. The number of hydrogen-bond donors (Lipinski definition) is 1. The quantitative estimate of drug-likeness (QED) is 0.770. The highest BCUT2D eigenvalue weighted by atomic mass is 35.5. The highest BCUT2D eigenvalue weighted by Crippen LogP contribution is 2.35. The number of benzene rings is 1. The van der Waals surface area contributed by atoms with Crippen LogP contribution in [0.15, 0.2) is 30.6 Å². The number of ether oxygens (including phenoxy) is 2. The molecule has 1 aliphatic heterocycles. The van der Waals surface area contributed by atoms with E-state index >= 15 is 0 Å². The van der Waals surface area contributed by atoms with E-state index in [0.717, 1.165) is 35.7 Å². The third-order valence-corrected chi connectivity index (χ3v) is 4.40. The zero-order chi connectivity index (χ0) is 17.2. The lowest BCUT2D eigenvalue weighted by Gasteiger charge is -2.20. The average molecular weight is 360 g/mol. The van der Waals surface area contributed by atoms with E-state index in [1.54, 1.807) is 11.6 Å². The van der Waals surface area contributed by atoms with Gasteiger partial charge in [0.25, 0.3) is 5.78 Å². The van der Waals surface area contributed by atoms with Crippen molar-refractivity contribution >= 4 is 23.2 Å². The van der Waals surface area contributed by atoms with Gasteiger partial charge in [0.1, 0.15) is 17.9 Å². The topological polar surface area (TPSA) is 73.6 Å². The largest absolute Gasteiger partial charge is 0.493 e. The van der Waals surface area contributed by atoms with Gasteiger partial charge in [-0.1, -0.05) is 17.7 Å². The Morgan fingerprint density at radius 2 is 2.32 bits per heavy atom. The highest BCUT2D eigenvalue weighted by Gasteiger charge is 2.21. The predicted octanol–water partition coefficient (Wildman–Crippen LogP) is 3.25. The maximum Gasteiger partial charge on any atom is 0.254 e. The molecule has 1 aliphatic rings. The monoisotopic (exact) mass is 359 g/mol. The van der Waals surface area contributed by atoms with Crippen LogP contribution in [0, 0.1) is 0 Å². The molecule has 25 heavy (non-hydrogen) atoms. The van der Waals surface area contributed by atoms with Crippen molar-refractivity contribution in [3.63, 3.8) is 0 Å².